The number of likely N-dealkylation sites (tertiary alicyclic amines) is 1. The first kappa shape index (κ1) is 54.3. The SMILES string of the molecule is CCOC(=O)[C@H](CCc1ccccc1)N[C@@H](C)C(=O)N1[C@H](C(=O)O)C[C@@H]2CCC[C@@H]21.COCc1c(C(C)C)nc(C(C)C)c(/C=C/[C@@H](O)C[C@@H](O)CC(=O)O)c1-c1ccc(F)cc1.[Na]. The van der Waals surface area contributed by atoms with Crippen molar-refractivity contribution >= 4 is 59.4 Å². The maximum absolute atomic E-state index is 13.7. The predicted molar refractivity (Wildman–Crippen MR) is 244 cm³/mol. The van der Waals surface area contributed by atoms with Gasteiger partial charge in [0, 0.05) is 66.0 Å². The van der Waals surface area contributed by atoms with Crippen LogP contribution in [0, 0.1) is 11.7 Å². The Morgan fingerprint density at radius 1 is 0.953 bits per heavy atom. The third-order valence-corrected chi connectivity index (χ3v) is 11.7. The molecule has 15 heteroatoms. The second-order valence-corrected chi connectivity index (χ2v) is 17.1. The Hall–Kier alpha value is -4.02. The van der Waals surface area contributed by atoms with Gasteiger partial charge in [0.1, 0.15) is 17.9 Å². The molecular weight excluding hydrogens is 833 g/mol. The van der Waals surface area contributed by atoms with E-state index >= 15 is 0 Å². The second-order valence-electron chi connectivity index (χ2n) is 17.1. The van der Waals surface area contributed by atoms with Crippen molar-refractivity contribution in [3.63, 3.8) is 0 Å². The van der Waals surface area contributed by atoms with E-state index in [1.165, 1.54) is 18.2 Å². The number of hydrogen-bond acceptors (Lipinski definition) is 10. The molecule has 1 radical (unpaired) electrons. The van der Waals surface area contributed by atoms with E-state index in [1.54, 1.807) is 44.1 Å². The van der Waals surface area contributed by atoms with Crippen LogP contribution in [-0.2, 0) is 41.7 Å². The molecule has 0 unspecified atom stereocenters. The van der Waals surface area contributed by atoms with E-state index in [-0.39, 0.29) is 84.1 Å². The number of aliphatic carboxylic acids is 2. The van der Waals surface area contributed by atoms with Gasteiger partial charge in [0.25, 0.3) is 0 Å². The van der Waals surface area contributed by atoms with Crippen LogP contribution in [0.3, 0.4) is 0 Å². The summed E-state index contributed by atoms with van der Waals surface area (Å²) in [7, 11) is 1.61. The van der Waals surface area contributed by atoms with E-state index in [1.807, 2.05) is 44.2 Å². The standard InChI is InChI=1S/C26H34FNO5.C23H32N2O5.Na/c1-15(2)25-21(11-10-19(29)12-20(30)13-23(31)32)24(17-6-8-18(27)9-7-17)22(14-33-5)26(28-25)16(3)4;1-3-30-23(29)18(13-12-16-8-5-4-6-9-16)24-15(2)21(26)25-19-11-7-10-17(19)14-20(25)22(27)28;/h6-11,15-16,19-20,29-30H,12-14H2,1-5H3,(H,31,32);4-6,8-9,15,17-20,24H,3,7,10-14H2,1-2H3,(H,27,28);/b11-10+;;/t19-,20-;15-,17-,18-,19-,20-;/m10./s1. The van der Waals surface area contributed by atoms with Crippen LogP contribution >= 0.6 is 0 Å². The topological polar surface area (TPSA) is 196 Å². The molecule has 2 fully saturated rings. The number of nitrogens with zero attached hydrogens (tertiary/aromatic N) is 2. The number of halogens is 1. The number of rotatable bonds is 20. The van der Waals surface area contributed by atoms with Gasteiger partial charge in [-0.1, -0.05) is 88.7 Å². The zero-order chi connectivity index (χ0) is 46.4. The van der Waals surface area contributed by atoms with Crippen molar-refractivity contribution in [3.8, 4) is 11.1 Å². The van der Waals surface area contributed by atoms with Gasteiger partial charge < -0.3 is 34.8 Å². The van der Waals surface area contributed by atoms with E-state index in [0.717, 1.165) is 58.5 Å². The van der Waals surface area contributed by atoms with Crippen LogP contribution in [-0.4, -0.2) is 134 Å². The number of hydrogen-bond donors (Lipinski definition) is 5. The number of aromatic nitrogens is 1. The molecule has 0 bridgehead atoms. The summed E-state index contributed by atoms with van der Waals surface area (Å²) in [4.78, 5) is 54.8. The van der Waals surface area contributed by atoms with Gasteiger partial charge in [0.15, 0.2) is 0 Å². The van der Waals surface area contributed by atoms with E-state index in [9.17, 15) is 38.9 Å². The molecule has 13 nitrogen and oxygen atoms in total. The average molecular weight is 899 g/mol. The summed E-state index contributed by atoms with van der Waals surface area (Å²) in [6.45, 7) is 12.2. The van der Waals surface area contributed by atoms with Gasteiger partial charge in [-0.05, 0) is 92.5 Å². The molecule has 7 atom stereocenters. The van der Waals surface area contributed by atoms with Crippen molar-refractivity contribution in [1.82, 2.24) is 15.2 Å². The Morgan fingerprint density at radius 2 is 1.61 bits per heavy atom. The molecule has 2 heterocycles. The van der Waals surface area contributed by atoms with Crippen molar-refractivity contribution < 1.29 is 53.5 Å². The number of carbonyl (C=O) groups excluding carboxylic acids is 2. The number of aliphatic hydroxyl groups excluding tert-OH is 2. The number of esters is 1. The normalized spacial score (nSPS) is 18.8. The summed E-state index contributed by atoms with van der Waals surface area (Å²) >= 11 is 0. The number of ether oxygens (including phenoxy) is 2. The molecule has 1 amide bonds. The van der Waals surface area contributed by atoms with Crippen LogP contribution in [0.1, 0.15) is 126 Å². The zero-order valence-corrected chi connectivity index (χ0v) is 40.6. The van der Waals surface area contributed by atoms with E-state index < -0.39 is 48.7 Å². The summed E-state index contributed by atoms with van der Waals surface area (Å²) in [5.74, 6) is -2.59. The first-order valence-corrected chi connectivity index (χ1v) is 22.1. The van der Waals surface area contributed by atoms with Gasteiger partial charge in [-0.2, -0.15) is 0 Å². The Bertz CT molecular complexity index is 2020. The summed E-state index contributed by atoms with van der Waals surface area (Å²) in [6.07, 6.45) is 5.08. The van der Waals surface area contributed by atoms with Gasteiger partial charge in [0.2, 0.25) is 5.91 Å². The molecule has 1 aliphatic carbocycles. The minimum Gasteiger partial charge on any atom is -0.481 e. The number of carboxylic acids is 2. The molecule has 1 saturated carbocycles. The number of pyridine rings is 1. The molecule has 1 aliphatic heterocycles. The van der Waals surface area contributed by atoms with Crippen molar-refractivity contribution in [1.29, 1.82) is 0 Å². The maximum Gasteiger partial charge on any atom is 0.326 e. The molecule has 5 rings (SSSR count). The largest absolute Gasteiger partial charge is 0.481 e. The number of carboxylic acid groups (broad SMARTS) is 2. The number of methoxy groups -OCH3 is 1. The summed E-state index contributed by atoms with van der Waals surface area (Å²) in [5, 5.41) is 41.9. The molecule has 1 aromatic heterocycles. The van der Waals surface area contributed by atoms with Gasteiger partial charge in [-0.3, -0.25) is 24.7 Å². The molecule has 0 spiro atoms. The van der Waals surface area contributed by atoms with Gasteiger partial charge in [-0.25, -0.2) is 9.18 Å². The first-order valence-electron chi connectivity index (χ1n) is 22.1. The molecule has 2 aliphatic rings. The fraction of sp³-hybridized carbons (Fsp3) is 0.531. The van der Waals surface area contributed by atoms with Crippen LogP contribution < -0.4 is 5.32 Å². The molecule has 1 saturated heterocycles. The Kier molecular flexibility index (Phi) is 22.2. The van der Waals surface area contributed by atoms with Gasteiger partial charge >= 0.3 is 17.9 Å². The van der Waals surface area contributed by atoms with E-state index in [2.05, 4.69) is 19.2 Å². The van der Waals surface area contributed by atoms with Crippen LogP contribution in [0.2, 0.25) is 0 Å². The monoisotopic (exact) mass is 898 g/mol. The number of aryl methyl sites for hydroxylation is 1. The smallest absolute Gasteiger partial charge is 0.326 e. The Balaban J connectivity index is 0.000000336. The van der Waals surface area contributed by atoms with E-state index in [0.29, 0.717) is 25.9 Å². The molecule has 64 heavy (non-hydrogen) atoms. The minimum absolute atomic E-state index is 0. The van der Waals surface area contributed by atoms with Gasteiger partial charge in [-0.15, -0.1) is 0 Å². The first-order chi connectivity index (χ1) is 30.0. The number of benzene rings is 2. The Labute approximate surface area is 399 Å². The van der Waals surface area contributed by atoms with Crippen molar-refractivity contribution in [2.45, 2.75) is 148 Å². The summed E-state index contributed by atoms with van der Waals surface area (Å²) in [5.41, 5.74) is 6.15. The molecular formula is C49H66FN3NaO10. The van der Waals surface area contributed by atoms with Crippen LogP contribution in [0.5, 0.6) is 0 Å². The number of fused-ring (bicyclic) bond motifs is 1. The fourth-order valence-electron chi connectivity index (χ4n) is 8.74. The van der Waals surface area contributed by atoms with Gasteiger partial charge in [0.05, 0.1) is 43.6 Å². The summed E-state index contributed by atoms with van der Waals surface area (Å²) in [6, 6.07) is 14.0. The molecule has 3 aromatic rings. The average Bonchev–Trinajstić information content (AvgIpc) is 3.84. The summed E-state index contributed by atoms with van der Waals surface area (Å²) < 4.78 is 24.4. The molecule has 345 valence electrons. The van der Waals surface area contributed by atoms with Crippen molar-refractivity contribution in [2.75, 3.05) is 13.7 Å². The van der Waals surface area contributed by atoms with Crippen LogP contribution in [0.15, 0.2) is 60.7 Å². The third kappa shape index (κ3) is 15.0. The number of amides is 1. The number of nitrogens with one attached hydrogen (secondary N) is 1. The molecule has 2 aromatic carbocycles. The van der Waals surface area contributed by atoms with Crippen LogP contribution in [0.4, 0.5) is 4.39 Å². The zero-order valence-electron chi connectivity index (χ0n) is 38.6. The van der Waals surface area contributed by atoms with Crippen LogP contribution in [0.25, 0.3) is 17.2 Å². The second kappa shape index (κ2) is 26.2. The number of carbonyl (C=O) groups is 4. The minimum atomic E-state index is -1.16. The molecule has 5 N–H and O–H groups in total. The van der Waals surface area contributed by atoms with Crippen molar-refractivity contribution in [2.24, 2.45) is 5.92 Å². The quantitative estimate of drug-likeness (QED) is 0.0584. The third-order valence-electron chi connectivity index (χ3n) is 11.7. The predicted octanol–water partition coefficient (Wildman–Crippen LogP) is 6.88. The van der Waals surface area contributed by atoms with Crippen molar-refractivity contribution in [3.05, 3.63) is 94.6 Å². The maximum atomic E-state index is 13.7. The Morgan fingerprint density at radius 3 is 2.19 bits per heavy atom. The fourth-order valence-corrected chi connectivity index (χ4v) is 8.74. The number of aliphatic hydroxyl groups is 2. The van der Waals surface area contributed by atoms with E-state index in [4.69, 9.17) is 19.6 Å².